The molecule has 2 N–H and O–H groups in total. The summed E-state index contributed by atoms with van der Waals surface area (Å²) in [5, 5.41) is 16.8. The number of aromatic amines is 1. The molecule has 3 heteroatoms. The Balaban J connectivity index is 2.21. The topological polar surface area (TPSA) is 48.9 Å². The summed E-state index contributed by atoms with van der Waals surface area (Å²) in [6.07, 6.45) is 3.28. The first-order valence-corrected chi connectivity index (χ1v) is 6.00. The van der Waals surface area contributed by atoms with E-state index in [4.69, 9.17) is 0 Å². The Labute approximate surface area is 102 Å². The molecule has 0 saturated heterocycles. The summed E-state index contributed by atoms with van der Waals surface area (Å²) in [5.74, 6) is 0. The van der Waals surface area contributed by atoms with Crippen LogP contribution in [0.3, 0.4) is 0 Å². The van der Waals surface area contributed by atoms with E-state index < -0.39 is 0 Å². The molecule has 0 aliphatic heterocycles. The van der Waals surface area contributed by atoms with Gasteiger partial charge >= 0.3 is 0 Å². The van der Waals surface area contributed by atoms with Crippen molar-refractivity contribution in [3.63, 3.8) is 0 Å². The van der Waals surface area contributed by atoms with Gasteiger partial charge in [-0.15, -0.1) is 0 Å². The number of aryl methyl sites for hydroxylation is 1. The Bertz CT molecular complexity index is 473. The van der Waals surface area contributed by atoms with Gasteiger partial charge in [-0.3, -0.25) is 5.10 Å². The molecule has 90 valence electrons. The SMILES string of the molecule is CCCC(O)c1ccc(-c2cn[nH]c2C)cc1. The second-order valence-corrected chi connectivity index (χ2v) is 4.34. The molecule has 0 fully saturated rings. The van der Waals surface area contributed by atoms with E-state index in [9.17, 15) is 5.11 Å². The van der Waals surface area contributed by atoms with Crippen molar-refractivity contribution in [2.45, 2.75) is 32.8 Å². The van der Waals surface area contributed by atoms with Crippen LogP contribution in [0, 0.1) is 6.92 Å². The minimum Gasteiger partial charge on any atom is -0.388 e. The van der Waals surface area contributed by atoms with Crippen molar-refractivity contribution in [2.24, 2.45) is 0 Å². The van der Waals surface area contributed by atoms with E-state index in [-0.39, 0.29) is 6.10 Å². The van der Waals surface area contributed by atoms with E-state index in [0.29, 0.717) is 0 Å². The van der Waals surface area contributed by atoms with Crippen molar-refractivity contribution in [3.8, 4) is 11.1 Å². The normalized spacial score (nSPS) is 12.6. The minimum atomic E-state index is -0.348. The number of H-pyrrole nitrogens is 1. The number of rotatable bonds is 4. The monoisotopic (exact) mass is 230 g/mol. The minimum absolute atomic E-state index is 0.348. The molecule has 1 heterocycles. The summed E-state index contributed by atoms with van der Waals surface area (Å²) >= 11 is 0. The lowest BCUT2D eigenvalue weighted by Gasteiger charge is -2.10. The van der Waals surface area contributed by atoms with Crippen molar-refractivity contribution in [3.05, 3.63) is 41.7 Å². The average molecular weight is 230 g/mol. The van der Waals surface area contributed by atoms with Crippen LogP contribution in [-0.2, 0) is 0 Å². The van der Waals surface area contributed by atoms with Gasteiger partial charge in [0.25, 0.3) is 0 Å². The summed E-state index contributed by atoms with van der Waals surface area (Å²) in [4.78, 5) is 0. The fourth-order valence-electron chi connectivity index (χ4n) is 1.97. The molecule has 0 saturated carbocycles. The maximum atomic E-state index is 9.88. The van der Waals surface area contributed by atoms with Crippen LogP contribution in [0.25, 0.3) is 11.1 Å². The maximum Gasteiger partial charge on any atom is 0.0790 e. The third-order valence-corrected chi connectivity index (χ3v) is 3.00. The lowest BCUT2D eigenvalue weighted by atomic mass is 10.0. The summed E-state index contributed by atoms with van der Waals surface area (Å²) in [6.45, 7) is 4.08. The lowest BCUT2D eigenvalue weighted by molar-refractivity contribution is 0.166. The van der Waals surface area contributed by atoms with Gasteiger partial charge in [-0.25, -0.2) is 0 Å². The van der Waals surface area contributed by atoms with Crippen molar-refractivity contribution in [1.82, 2.24) is 10.2 Å². The van der Waals surface area contributed by atoms with E-state index >= 15 is 0 Å². The van der Waals surface area contributed by atoms with Gasteiger partial charge in [0.05, 0.1) is 12.3 Å². The van der Waals surface area contributed by atoms with Crippen molar-refractivity contribution in [1.29, 1.82) is 0 Å². The molecular formula is C14H18N2O. The highest BCUT2D eigenvalue weighted by atomic mass is 16.3. The number of hydrogen-bond donors (Lipinski definition) is 2. The average Bonchev–Trinajstić information content (AvgIpc) is 2.76. The Morgan fingerprint density at radius 2 is 2.00 bits per heavy atom. The van der Waals surface area contributed by atoms with Crippen LogP contribution in [0.2, 0.25) is 0 Å². The molecule has 1 aromatic heterocycles. The van der Waals surface area contributed by atoms with Gasteiger partial charge < -0.3 is 5.11 Å². The zero-order valence-corrected chi connectivity index (χ0v) is 10.3. The number of aromatic nitrogens is 2. The van der Waals surface area contributed by atoms with Crippen LogP contribution in [0.5, 0.6) is 0 Å². The molecule has 0 aliphatic rings. The van der Waals surface area contributed by atoms with Gasteiger partial charge in [-0.05, 0) is 24.5 Å². The Kier molecular flexibility index (Phi) is 3.59. The molecule has 1 unspecified atom stereocenters. The Morgan fingerprint density at radius 3 is 2.53 bits per heavy atom. The molecule has 3 nitrogen and oxygen atoms in total. The summed E-state index contributed by atoms with van der Waals surface area (Å²) in [7, 11) is 0. The standard InChI is InChI=1S/C14H18N2O/c1-3-4-14(17)12-7-5-11(6-8-12)13-9-15-16-10(13)2/h5-9,14,17H,3-4H2,1-2H3,(H,15,16). The fourth-order valence-corrected chi connectivity index (χ4v) is 1.97. The highest BCUT2D eigenvalue weighted by molar-refractivity contribution is 5.65. The number of benzene rings is 1. The third-order valence-electron chi connectivity index (χ3n) is 3.00. The Morgan fingerprint density at radius 1 is 1.29 bits per heavy atom. The number of aliphatic hydroxyl groups is 1. The highest BCUT2D eigenvalue weighted by Crippen LogP contribution is 2.24. The van der Waals surface area contributed by atoms with Crippen molar-refractivity contribution >= 4 is 0 Å². The van der Waals surface area contributed by atoms with Crippen molar-refractivity contribution < 1.29 is 5.11 Å². The molecule has 1 aromatic carbocycles. The molecular weight excluding hydrogens is 212 g/mol. The second-order valence-electron chi connectivity index (χ2n) is 4.34. The van der Waals surface area contributed by atoms with E-state index in [2.05, 4.69) is 17.1 Å². The molecule has 1 atom stereocenters. The highest BCUT2D eigenvalue weighted by Gasteiger charge is 2.07. The molecule has 2 aromatic rings. The van der Waals surface area contributed by atoms with Gasteiger partial charge in [0.15, 0.2) is 0 Å². The first-order valence-electron chi connectivity index (χ1n) is 6.00. The number of aliphatic hydroxyl groups excluding tert-OH is 1. The molecule has 17 heavy (non-hydrogen) atoms. The molecule has 0 aliphatic carbocycles. The number of nitrogens with one attached hydrogen (secondary N) is 1. The fraction of sp³-hybridized carbons (Fsp3) is 0.357. The first-order chi connectivity index (χ1) is 8.22. The largest absolute Gasteiger partial charge is 0.388 e. The zero-order valence-electron chi connectivity index (χ0n) is 10.3. The Hall–Kier alpha value is -1.61. The van der Waals surface area contributed by atoms with E-state index in [0.717, 1.165) is 35.2 Å². The van der Waals surface area contributed by atoms with Gasteiger partial charge in [-0.1, -0.05) is 37.6 Å². The molecule has 0 bridgehead atoms. The zero-order chi connectivity index (χ0) is 12.3. The predicted molar refractivity (Wildman–Crippen MR) is 68.6 cm³/mol. The predicted octanol–water partition coefficient (Wildman–Crippen LogP) is 3.22. The summed E-state index contributed by atoms with van der Waals surface area (Å²) in [5.41, 5.74) is 4.29. The smallest absolute Gasteiger partial charge is 0.0790 e. The van der Waals surface area contributed by atoms with E-state index in [1.165, 1.54) is 0 Å². The van der Waals surface area contributed by atoms with Crippen LogP contribution < -0.4 is 0 Å². The molecule has 0 spiro atoms. The van der Waals surface area contributed by atoms with Crippen molar-refractivity contribution in [2.75, 3.05) is 0 Å². The van der Waals surface area contributed by atoms with Crippen LogP contribution in [0.15, 0.2) is 30.5 Å². The summed E-state index contributed by atoms with van der Waals surface area (Å²) in [6, 6.07) is 8.04. The van der Waals surface area contributed by atoms with Crippen LogP contribution in [0.4, 0.5) is 0 Å². The second kappa shape index (κ2) is 5.15. The maximum absolute atomic E-state index is 9.88. The third kappa shape index (κ3) is 2.56. The van der Waals surface area contributed by atoms with E-state index in [1.807, 2.05) is 37.4 Å². The first kappa shape index (κ1) is 11.9. The van der Waals surface area contributed by atoms with Crippen LogP contribution in [-0.4, -0.2) is 15.3 Å². The number of nitrogens with zero attached hydrogens (tertiary/aromatic N) is 1. The van der Waals surface area contributed by atoms with Crippen LogP contribution in [0.1, 0.15) is 37.1 Å². The van der Waals surface area contributed by atoms with Gasteiger partial charge in [0, 0.05) is 11.3 Å². The van der Waals surface area contributed by atoms with Gasteiger partial charge in [0.2, 0.25) is 0 Å². The molecule has 0 radical (unpaired) electrons. The van der Waals surface area contributed by atoms with Gasteiger partial charge in [0.1, 0.15) is 0 Å². The van der Waals surface area contributed by atoms with Gasteiger partial charge in [-0.2, -0.15) is 5.10 Å². The quantitative estimate of drug-likeness (QED) is 0.847. The van der Waals surface area contributed by atoms with E-state index in [1.54, 1.807) is 0 Å². The summed E-state index contributed by atoms with van der Waals surface area (Å²) < 4.78 is 0. The molecule has 2 rings (SSSR count). The molecule has 0 amide bonds. The van der Waals surface area contributed by atoms with Crippen LogP contribution >= 0.6 is 0 Å². The lowest BCUT2D eigenvalue weighted by Crippen LogP contribution is -1.96. The number of hydrogen-bond acceptors (Lipinski definition) is 2.